The van der Waals surface area contributed by atoms with Gasteiger partial charge in [0.25, 0.3) is 0 Å². The Morgan fingerprint density at radius 1 is 1.12 bits per heavy atom. The second-order valence-corrected chi connectivity index (χ2v) is 5.50. The molecule has 0 radical (unpaired) electrons. The molecule has 0 atom stereocenters. The number of likely N-dealkylation sites (tertiary alicyclic amines) is 1. The Kier molecular flexibility index (Phi) is 4.40. The van der Waals surface area contributed by atoms with E-state index >= 15 is 0 Å². The summed E-state index contributed by atoms with van der Waals surface area (Å²) in [4.78, 5) is 13.6. The molecule has 0 aromatic heterocycles. The highest BCUT2D eigenvalue weighted by Crippen LogP contribution is 2.25. The normalized spacial score (nSPS) is 23.9. The number of carbonyl (C=O) groups is 1. The van der Waals surface area contributed by atoms with Crippen LogP contribution in [-0.2, 0) is 9.53 Å². The van der Waals surface area contributed by atoms with Crippen LogP contribution in [0.5, 0.6) is 0 Å². The number of hydrogen-bond acceptors (Lipinski definition) is 3. The van der Waals surface area contributed by atoms with Gasteiger partial charge >= 0.3 is 0 Å². The Hall–Kier alpha value is -0.610. The molecule has 98 valence electrons. The largest absolute Gasteiger partial charge is 0.370 e. The van der Waals surface area contributed by atoms with Gasteiger partial charge in [0, 0.05) is 18.6 Å². The zero-order valence-electron chi connectivity index (χ0n) is 10.6. The first-order valence-electron chi connectivity index (χ1n) is 6.84. The predicted octanol–water partition coefficient (Wildman–Crippen LogP) is 1.29. The molecule has 1 amide bonds. The fourth-order valence-electron chi connectivity index (χ4n) is 2.80. The van der Waals surface area contributed by atoms with Gasteiger partial charge in [-0.2, -0.15) is 0 Å². The summed E-state index contributed by atoms with van der Waals surface area (Å²) in [5.74, 6) is 0.127. The van der Waals surface area contributed by atoms with E-state index in [1.54, 1.807) is 0 Å². The van der Waals surface area contributed by atoms with Gasteiger partial charge in [0.1, 0.15) is 6.61 Å². The van der Waals surface area contributed by atoms with Crippen molar-refractivity contribution in [3.05, 3.63) is 0 Å². The van der Waals surface area contributed by atoms with Crippen molar-refractivity contribution >= 4 is 5.91 Å². The first kappa shape index (κ1) is 12.8. The molecule has 0 aromatic rings. The van der Waals surface area contributed by atoms with Crippen LogP contribution >= 0.6 is 0 Å². The quantitative estimate of drug-likeness (QED) is 0.805. The summed E-state index contributed by atoms with van der Waals surface area (Å²) < 4.78 is 5.53. The summed E-state index contributed by atoms with van der Waals surface area (Å²) in [5, 5.41) is 0. The van der Waals surface area contributed by atoms with Crippen LogP contribution < -0.4 is 5.73 Å². The van der Waals surface area contributed by atoms with E-state index in [9.17, 15) is 4.79 Å². The molecule has 0 aromatic carbocycles. The lowest BCUT2D eigenvalue weighted by molar-refractivity contribution is -0.135. The Labute approximate surface area is 103 Å². The Bertz CT molecular complexity index is 256. The summed E-state index contributed by atoms with van der Waals surface area (Å²) in [6, 6.07) is 0. The van der Waals surface area contributed by atoms with Crippen LogP contribution in [0.2, 0.25) is 0 Å². The molecule has 2 N–H and O–H groups in total. The van der Waals surface area contributed by atoms with E-state index in [0.717, 1.165) is 38.8 Å². The van der Waals surface area contributed by atoms with Crippen LogP contribution in [0.25, 0.3) is 0 Å². The zero-order valence-corrected chi connectivity index (χ0v) is 10.6. The lowest BCUT2D eigenvalue weighted by Crippen LogP contribution is -2.46. The van der Waals surface area contributed by atoms with Gasteiger partial charge in [0.2, 0.25) is 5.91 Å². The van der Waals surface area contributed by atoms with Gasteiger partial charge in [0.15, 0.2) is 0 Å². The average Bonchev–Trinajstić information content (AvgIpc) is 2.83. The molecule has 1 saturated heterocycles. The molecule has 1 saturated carbocycles. The van der Waals surface area contributed by atoms with E-state index in [1.807, 2.05) is 4.90 Å². The minimum absolute atomic E-state index is 0.127. The number of carbonyl (C=O) groups excluding carboxylic acids is 1. The molecule has 17 heavy (non-hydrogen) atoms. The molecule has 2 fully saturated rings. The maximum absolute atomic E-state index is 11.8. The van der Waals surface area contributed by atoms with Crippen molar-refractivity contribution in [2.24, 2.45) is 5.73 Å². The molecule has 0 bridgehead atoms. The molecular weight excluding hydrogens is 216 g/mol. The van der Waals surface area contributed by atoms with Crippen LogP contribution in [0.4, 0.5) is 0 Å². The summed E-state index contributed by atoms with van der Waals surface area (Å²) in [7, 11) is 0. The van der Waals surface area contributed by atoms with Gasteiger partial charge in [-0.3, -0.25) is 4.79 Å². The second kappa shape index (κ2) is 5.83. The van der Waals surface area contributed by atoms with Crippen molar-refractivity contribution in [3.63, 3.8) is 0 Å². The SMILES string of the molecule is NC1(COCC(=O)N2CCCC2)CCCCC1. The fourth-order valence-corrected chi connectivity index (χ4v) is 2.80. The average molecular weight is 240 g/mol. The maximum Gasteiger partial charge on any atom is 0.248 e. The van der Waals surface area contributed by atoms with E-state index in [2.05, 4.69) is 0 Å². The third kappa shape index (κ3) is 3.68. The lowest BCUT2D eigenvalue weighted by atomic mass is 9.83. The standard InChI is InChI=1S/C13H24N2O2/c14-13(6-2-1-3-7-13)11-17-10-12(16)15-8-4-5-9-15/h1-11,14H2. The molecule has 1 aliphatic heterocycles. The monoisotopic (exact) mass is 240 g/mol. The van der Waals surface area contributed by atoms with E-state index in [-0.39, 0.29) is 18.1 Å². The Morgan fingerprint density at radius 2 is 1.76 bits per heavy atom. The van der Waals surface area contributed by atoms with Crippen molar-refractivity contribution in [1.82, 2.24) is 4.90 Å². The van der Waals surface area contributed by atoms with Crippen LogP contribution in [-0.4, -0.2) is 42.6 Å². The molecular formula is C13H24N2O2. The summed E-state index contributed by atoms with van der Waals surface area (Å²) in [6.45, 7) is 2.54. The lowest BCUT2D eigenvalue weighted by Gasteiger charge is -2.33. The molecule has 1 aliphatic carbocycles. The topological polar surface area (TPSA) is 55.6 Å². The molecule has 0 unspecified atom stereocenters. The first-order chi connectivity index (χ1) is 8.20. The van der Waals surface area contributed by atoms with Crippen molar-refractivity contribution in [2.75, 3.05) is 26.3 Å². The van der Waals surface area contributed by atoms with E-state index in [4.69, 9.17) is 10.5 Å². The smallest absolute Gasteiger partial charge is 0.248 e. The number of nitrogens with two attached hydrogens (primary N) is 1. The van der Waals surface area contributed by atoms with E-state index in [0.29, 0.717) is 6.61 Å². The maximum atomic E-state index is 11.8. The molecule has 4 nitrogen and oxygen atoms in total. The van der Waals surface area contributed by atoms with Gasteiger partial charge in [-0.15, -0.1) is 0 Å². The van der Waals surface area contributed by atoms with Crippen LogP contribution in [0, 0.1) is 0 Å². The van der Waals surface area contributed by atoms with Crippen LogP contribution in [0.15, 0.2) is 0 Å². The molecule has 1 heterocycles. The summed E-state index contributed by atoms with van der Waals surface area (Å²) in [5.41, 5.74) is 6.07. The minimum Gasteiger partial charge on any atom is -0.370 e. The van der Waals surface area contributed by atoms with Gasteiger partial charge in [-0.25, -0.2) is 0 Å². The highest BCUT2D eigenvalue weighted by atomic mass is 16.5. The number of nitrogens with zero attached hydrogens (tertiary/aromatic N) is 1. The highest BCUT2D eigenvalue weighted by Gasteiger charge is 2.28. The number of amides is 1. The van der Waals surface area contributed by atoms with Crippen LogP contribution in [0.1, 0.15) is 44.9 Å². The predicted molar refractivity (Wildman–Crippen MR) is 66.6 cm³/mol. The van der Waals surface area contributed by atoms with Gasteiger partial charge < -0.3 is 15.4 Å². The van der Waals surface area contributed by atoms with Crippen molar-refractivity contribution in [3.8, 4) is 0 Å². The third-order valence-corrected chi connectivity index (χ3v) is 3.92. The molecule has 2 aliphatic rings. The van der Waals surface area contributed by atoms with E-state index < -0.39 is 0 Å². The second-order valence-electron chi connectivity index (χ2n) is 5.50. The van der Waals surface area contributed by atoms with Crippen LogP contribution in [0.3, 0.4) is 0 Å². The van der Waals surface area contributed by atoms with Gasteiger partial charge in [-0.1, -0.05) is 19.3 Å². The molecule has 0 spiro atoms. The summed E-state index contributed by atoms with van der Waals surface area (Å²) in [6.07, 6.45) is 8.00. The zero-order chi connectivity index (χ0) is 12.1. The fraction of sp³-hybridized carbons (Fsp3) is 0.923. The summed E-state index contributed by atoms with van der Waals surface area (Å²) >= 11 is 0. The Morgan fingerprint density at radius 3 is 2.41 bits per heavy atom. The molecule has 4 heteroatoms. The van der Waals surface area contributed by atoms with Crippen molar-refractivity contribution in [1.29, 1.82) is 0 Å². The Balaban J connectivity index is 1.66. The van der Waals surface area contributed by atoms with Gasteiger partial charge in [0.05, 0.1) is 6.61 Å². The van der Waals surface area contributed by atoms with E-state index in [1.165, 1.54) is 19.3 Å². The van der Waals surface area contributed by atoms with Crippen molar-refractivity contribution in [2.45, 2.75) is 50.5 Å². The number of ether oxygens (including phenoxy) is 1. The van der Waals surface area contributed by atoms with Crippen molar-refractivity contribution < 1.29 is 9.53 Å². The third-order valence-electron chi connectivity index (χ3n) is 3.92. The first-order valence-corrected chi connectivity index (χ1v) is 6.84. The minimum atomic E-state index is -0.177. The number of rotatable bonds is 4. The molecule has 2 rings (SSSR count). The van der Waals surface area contributed by atoms with Gasteiger partial charge in [-0.05, 0) is 25.7 Å². The number of hydrogen-bond donors (Lipinski definition) is 1. The highest BCUT2D eigenvalue weighted by molar-refractivity contribution is 5.77.